The Kier molecular flexibility index (Phi) is 7.17. The van der Waals surface area contributed by atoms with Crippen LogP contribution in [-0.2, 0) is 19.1 Å². The van der Waals surface area contributed by atoms with E-state index in [4.69, 9.17) is 9.47 Å². The van der Waals surface area contributed by atoms with Gasteiger partial charge < -0.3 is 24.8 Å². The molecule has 4 rings (SSSR count). The molecule has 2 amide bonds. The van der Waals surface area contributed by atoms with Gasteiger partial charge in [0.1, 0.15) is 12.6 Å². The number of carboxylic acid groups (broad SMARTS) is 1. The van der Waals surface area contributed by atoms with Gasteiger partial charge in [0.2, 0.25) is 5.91 Å². The number of nitrogens with zero attached hydrogens (tertiary/aromatic N) is 1. The van der Waals surface area contributed by atoms with Crippen LogP contribution >= 0.6 is 0 Å². The zero-order valence-corrected chi connectivity index (χ0v) is 19.4. The van der Waals surface area contributed by atoms with Gasteiger partial charge in [-0.2, -0.15) is 0 Å². The number of aliphatic carboxylic acids is 1. The predicted octanol–water partition coefficient (Wildman–Crippen LogP) is 3.11. The number of nitrogens with one attached hydrogen (secondary N) is 1. The number of benzene rings is 2. The van der Waals surface area contributed by atoms with Gasteiger partial charge in [-0.15, -0.1) is 0 Å². The summed E-state index contributed by atoms with van der Waals surface area (Å²) in [5.74, 6) is -2.08. The molecule has 0 aromatic heterocycles. The number of carbonyl (C=O) groups excluding carboxylic acids is 2. The first-order chi connectivity index (χ1) is 16.4. The van der Waals surface area contributed by atoms with Crippen molar-refractivity contribution < 1.29 is 29.0 Å². The van der Waals surface area contributed by atoms with E-state index in [1.807, 2.05) is 43.3 Å². The van der Waals surface area contributed by atoms with Gasteiger partial charge >= 0.3 is 12.1 Å². The fourth-order valence-corrected chi connectivity index (χ4v) is 4.96. The Morgan fingerprint density at radius 2 is 1.68 bits per heavy atom. The van der Waals surface area contributed by atoms with Crippen molar-refractivity contribution in [1.29, 1.82) is 0 Å². The minimum absolute atomic E-state index is 0.0815. The van der Waals surface area contributed by atoms with Crippen molar-refractivity contribution in [2.24, 2.45) is 11.8 Å². The Hall–Kier alpha value is -3.39. The maximum absolute atomic E-state index is 13.1. The summed E-state index contributed by atoms with van der Waals surface area (Å²) < 4.78 is 10.7. The van der Waals surface area contributed by atoms with Crippen LogP contribution in [0.15, 0.2) is 48.5 Å². The monoisotopic (exact) mass is 466 g/mol. The summed E-state index contributed by atoms with van der Waals surface area (Å²) in [7, 11) is 1.52. The summed E-state index contributed by atoms with van der Waals surface area (Å²) in [5.41, 5.74) is 4.48. The topological polar surface area (TPSA) is 105 Å². The number of fused-ring (bicyclic) bond motifs is 3. The zero-order valence-electron chi connectivity index (χ0n) is 19.4. The average Bonchev–Trinajstić information content (AvgIpc) is 3.38. The van der Waals surface area contributed by atoms with Gasteiger partial charge in [-0.1, -0.05) is 55.5 Å². The first kappa shape index (κ1) is 23.8. The second kappa shape index (κ2) is 10.3. The smallest absolute Gasteiger partial charge is 0.407 e. The van der Waals surface area contributed by atoms with Crippen LogP contribution in [0.1, 0.15) is 30.4 Å². The summed E-state index contributed by atoms with van der Waals surface area (Å²) in [6.07, 6.45) is -0.416. The first-order valence-electron chi connectivity index (χ1n) is 11.5. The number of hydrogen-bond donors (Lipinski definition) is 2. The molecule has 2 aromatic rings. The molecule has 1 fully saturated rings. The van der Waals surface area contributed by atoms with E-state index < -0.39 is 24.0 Å². The molecule has 2 aromatic carbocycles. The van der Waals surface area contributed by atoms with Crippen LogP contribution in [0.3, 0.4) is 0 Å². The Balaban J connectivity index is 1.41. The van der Waals surface area contributed by atoms with Crippen LogP contribution < -0.4 is 5.32 Å². The Morgan fingerprint density at radius 1 is 1.06 bits per heavy atom. The number of rotatable bonds is 8. The summed E-state index contributed by atoms with van der Waals surface area (Å²) in [5, 5.41) is 12.1. The fraction of sp³-hybridized carbons (Fsp3) is 0.423. The van der Waals surface area contributed by atoms with Crippen LogP contribution in [0, 0.1) is 11.8 Å². The quantitative estimate of drug-likeness (QED) is 0.619. The fourth-order valence-electron chi connectivity index (χ4n) is 4.96. The molecule has 1 unspecified atom stereocenters. The van der Waals surface area contributed by atoms with Gasteiger partial charge in [0.25, 0.3) is 0 Å². The molecule has 8 nitrogen and oxygen atoms in total. The molecule has 180 valence electrons. The van der Waals surface area contributed by atoms with Crippen LogP contribution in [0.4, 0.5) is 4.79 Å². The number of amides is 2. The summed E-state index contributed by atoms with van der Waals surface area (Å²) >= 11 is 0. The van der Waals surface area contributed by atoms with E-state index in [0.717, 1.165) is 22.3 Å². The molecule has 0 saturated carbocycles. The van der Waals surface area contributed by atoms with Gasteiger partial charge in [-0.05, 0) is 28.2 Å². The van der Waals surface area contributed by atoms with Crippen LogP contribution in [0.5, 0.6) is 0 Å². The third-order valence-electron chi connectivity index (χ3n) is 6.79. The predicted molar refractivity (Wildman–Crippen MR) is 125 cm³/mol. The average molecular weight is 467 g/mol. The lowest BCUT2D eigenvalue weighted by molar-refractivity contribution is -0.142. The lowest BCUT2D eigenvalue weighted by atomic mass is 9.98. The van der Waals surface area contributed by atoms with Gasteiger partial charge in [0.05, 0.1) is 5.92 Å². The van der Waals surface area contributed by atoms with Gasteiger partial charge in [-0.25, -0.2) is 4.79 Å². The molecule has 1 aliphatic heterocycles. The zero-order chi connectivity index (χ0) is 24.2. The largest absolute Gasteiger partial charge is 0.481 e. The molecule has 1 heterocycles. The van der Waals surface area contributed by atoms with Crippen LogP contribution in [0.2, 0.25) is 0 Å². The van der Waals surface area contributed by atoms with E-state index in [1.54, 1.807) is 0 Å². The number of carboxylic acids is 1. The van der Waals surface area contributed by atoms with Crippen molar-refractivity contribution in [2.45, 2.75) is 25.3 Å². The minimum atomic E-state index is -0.916. The number of likely N-dealkylation sites (tertiary alicyclic amines) is 1. The molecule has 0 spiro atoms. The van der Waals surface area contributed by atoms with Gasteiger partial charge in [0, 0.05) is 39.1 Å². The number of methoxy groups -OCH3 is 1. The molecule has 2 aliphatic rings. The number of carbonyl (C=O) groups is 3. The van der Waals surface area contributed by atoms with E-state index >= 15 is 0 Å². The number of alkyl carbamates (subject to hydrolysis) is 1. The Labute approximate surface area is 198 Å². The second-order valence-corrected chi connectivity index (χ2v) is 8.97. The van der Waals surface area contributed by atoms with Crippen LogP contribution in [0.25, 0.3) is 11.1 Å². The molecule has 2 N–H and O–H groups in total. The summed E-state index contributed by atoms with van der Waals surface area (Å²) in [6.45, 7) is 2.70. The Morgan fingerprint density at radius 3 is 2.24 bits per heavy atom. The van der Waals surface area contributed by atoms with Crippen molar-refractivity contribution in [3.05, 3.63) is 59.7 Å². The van der Waals surface area contributed by atoms with Gasteiger partial charge in [0.15, 0.2) is 0 Å². The lowest BCUT2D eigenvalue weighted by Gasteiger charge is -2.24. The number of ether oxygens (including phenoxy) is 2. The van der Waals surface area contributed by atoms with Crippen molar-refractivity contribution in [3.63, 3.8) is 0 Å². The highest BCUT2D eigenvalue weighted by atomic mass is 16.5. The van der Waals surface area contributed by atoms with Crippen molar-refractivity contribution in [3.8, 4) is 11.1 Å². The molecule has 1 aliphatic carbocycles. The van der Waals surface area contributed by atoms with Gasteiger partial charge in [-0.3, -0.25) is 9.59 Å². The highest BCUT2D eigenvalue weighted by Crippen LogP contribution is 2.44. The third kappa shape index (κ3) is 4.77. The summed E-state index contributed by atoms with van der Waals surface area (Å²) in [6, 6.07) is 15.3. The second-order valence-electron chi connectivity index (χ2n) is 8.97. The van der Waals surface area contributed by atoms with Crippen LogP contribution in [-0.4, -0.2) is 67.4 Å². The number of hydrogen-bond acceptors (Lipinski definition) is 5. The standard InChI is InChI=1S/C26H30N2O6/c1-16-13-28(14-21(16)25(30)31)24(29)23(11-12-33-2)27-26(32)34-15-22-19-9-5-3-7-17(19)18-8-4-6-10-20(18)22/h3-10,16,21-23H,11-15H2,1-2H3,(H,27,32)(H,30,31)/t16-,21-,23?/m1/s1. The van der Waals surface area contributed by atoms with E-state index in [2.05, 4.69) is 17.4 Å². The SMILES string of the molecule is COCCC(NC(=O)OCC1c2ccccc2-c2ccccc21)C(=O)N1C[C@@H](C)[C@H](C(=O)O)C1. The first-order valence-corrected chi connectivity index (χ1v) is 11.5. The van der Waals surface area contributed by atoms with E-state index in [0.29, 0.717) is 6.54 Å². The molecular weight excluding hydrogens is 436 g/mol. The van der Waals surface area contributed by atoms with E-state index in [9.17, 15) is 19.5 Å². The molecule has 8 heteroatoms. The third-order valence-corrected chi connectivity index (χ3v) is 6.79. The Bertz CT molecular complexity index is 1030. The lowest BCUT2D eigenvalue weighted by Crippen LogP contribution is -2.49. The molecular formula is C26H30N2O6. The molecule has 34 heavy (non-hydrogen) atoms. The maximum Gasteiger partial charge on any atom is 0.407 e. The van der Waals surface area contributed by atoms with Crippen molar-refractivity contribution in [2.75, 3.05) is 33.4 Å². The molecule has 0 bridgehead atoms. The minimum Gasteiger partial charge on any atom is -0.481 e. The molecule has 1 saturated heterocycles. The summed E-state index contributed by atoms with van der Waals surface area (Å²) in [4.78, 5) is 38.8. The normalized spacial score (nSPS) is 19.9. The highest BCUT2D eigenvalue weighted by molar-refractivity contribution is 5.87. The molecule has 3 atom stereocenters. The van der Waals surface area contributed by atoms with Crippen molar-refractivity contribution in [1.82, 2.24) is 10.2 Å². The van der Waals surface area contributed by atoms with E-state index in [1.165, 1.54) is 12.0 Å². The maximum atomic E-state index is 13.1. The van der Waals surface area contributed by atoms with Crippen molar-refractivity contribution >= 4 is 18.0 Å². The highest BCUT2D eigenvalue weighted by Gasteiger charge is 2.39. The van der Waals surface area contributed by atoms with E-state index in [-0.39, 0.29) is 43.9 Å². The molecule has 0 radical (unpaired) electrons.